The van der Waals surface area contributed by atoms with Gasteiger partial charge < -0.3 is 89.0 Å². The van der Waals surface area contributed by atoms with E-state index in [2.05, 4.69) is 27.7 Å². The van der Waals surface area contributed by atoms with Crippen molar-refractivity contribution in [3.05, 3.63) is 0 Å². The molecule has 0 bridgehead atoms. The predicted octanol–water partition coefficient (Wildman–Crippen LogP) is -0.735. The van der Waals surface area contributed by atoms with Crippen LogP contribution < -0.4 is 0 Å². The molecular weight excluding hydrogens is 828 g/mol. The van der Waals surface area contributed by atoms with Crippen LogP contribution in [0.3, 0.4) is 0 Å². The molecule has 5 saturated heterocycles. The van der Waals surface area contributed by atoms with Crippen molar-refractivity contribution in [1.29, 1.82) is 0 Å². The van der Waals surface area contributed by atoms with Gasteiger partial charge in [-0.15, -0.1) is 0 Å². The van der Waals surface area contributed by atoms with Crippen molar-refractivity contribution in [3.8, 4) is 0 Å². The molecule has 9 fully saturated rings. The number of hydrogen-bond acceptors (Lipinski definition) is 18. The van der Waals surface area contributed by atoms with E-state index in [-0.39, 0.29) is 22.9 Å². The van der Waals surface area contributed by atoms with Gasteiger partial charge >= 0.3 is 0 Å². The molecule has 4 aliphatic carbocycles. The Morgan fingerprint density at radius 1 is 0.603 bits per heavy atom. The van der Waals surface area contributed by atoms with Crippen molar-refractivity contribution in [2.45, 2.75) is 209 Å². The summed E-state index contributed by atoms with van der Waals surface area (Å²) < 4.78 is 49.7. The van der Waals surface area contributed by atoms with Gasteiger partial charge in [0, 0.05) is 12.3 Å². The summed E-state index contributed by atoms with van der Waals surface area (Å²) in [4.78, 5) is 0. The van der Waals surface area contributed by atoms with Crippen LogP contribution in [0.25, 0.3) is 0 Å². The lowest BCUT2D eigenvalue weighted by Crippen LogP contribution is -2.67. The highest BCUT2D eigenvalue weighted by Gasteiger charge is 2.69. The van der Waals surface area contributed by atoms with Crippen LogP contribution in [0.15, 0.2) is 0 Å². The molecule has 5 aliphatic heterocycles. The van der Waals surface area contributed by atoms with E-state index in [1.807, 2.05) is 0 Å². The molecule has 0 radical (unpaired) electrons. The fourth-order valence-electron chi connectivity index (χ4n) is 14.7. The molecule has 9 aliphatic rings. The van der Waals surface area contributed by atoms with Crippen LogP contribution in [0.4, 0.5) is 0 Å². The van der Waals surface area contributed by atoms with Crippen LogP contribution >= 0.6 is 0 Å². The summed E-state index contributed by atoms with van der Waals surface area (Å²) in [6.45, 7) is 10.2. The van der Waals surface area contributed by atoms with Gasteiger partial charge in [-0.05, 0) is 105 Å². The summed E-state index contributed by atoms with van der Waals surface area (Å²) in [6, 6.07) is 0. The second-order valence-electron chi connectivity index (χ2n) is 21.7. The summed E-state index contributed by atoms with van der Waals surface area (Å²) in [7, 11) is 0. The van der Waals surface area contributed by atoms with Crippen molar-refractivity contribution in [2.75, 3.05) is 19.8 Å². The minimum atomic E-state index is -1.86. The third kappa shape index (κ3) is 7.79. The molecule has 28 unspecified atom stereocenters. The van der Waals surface area contributed by atoms with Crippen molar-refractivity contribution >= 4 is 0 Å². The molecule has 1 spiro atoms. The number of rotatable bonds is 8. The predicted molar refractivity (Wildman–Crippen MR) is 216 cm³/mol. The Bertz CT molecular complexity index is 1580. The van der Waals surface area contributed by atoms with Gasteiger partial charge in [-0.2, -0.15) is 0 Å². The summed E-state index contributed by atoms with van der Waals surface area (Å²) in [6.07, 6.45) is -17.1. The zero-order chi connectivity index (χ0) is 45.1. The van der Waals surface area contributed by atoms with Crippen LogP contribution in [0.1, 0.15) is 92.4 Å². The number of aliphatic hydroxyl groups excluding tert-OH is 10. The van der Waals surface area contributed by atoms with Crippen LogP contribution in [0, 0.1) is 52.3 Å². The summed E-state index contributed by atoms with van der Waals surface area (Å²) >= 11 is 0. The zero-order valence-electron chi connectivity index (χ0n) is 37.2. The molecule has 18 heteroatoms. The first-order valence-corrected chi connectivity index (χ1v) is 23.8. The number of aliphatic hydroxyl groups is 10. The minimum absolute atomic E-state index is 0.143. The molecule has 18 nitrogen and oxygen atoms in total. The van der Waals surface area contributed by atoms with E-state index in [1.54, 1.807) is 0 Å². The van der Waals surface area contributed by atoms with E-state index < -0.39 is 123 Å². The zero-order valence-corrected chi connectivity index (χ0v) is 37.2. The van der Waals surface area contributed by atoms with Gasteiger partial charge in [-0.3, -0.25) is 0 Å². The van der Waals surface area contributed by atoms with Gasteiger partial charge in [-0.25, -0.2) is 0 Å². The van der Waals surface area contributed by atoms with E-state index in [1.165, 1.54) is 6.92 Å². The first-order chi connectivity index (χ1) is 29.8. The third-order valence-corrected chi connectivity index (χ3v) is 18.3. The minimum Gasteiger partial charge on any atom is -0.394 e. The fraction of sp³-hybridized carbons (Fsp3) is 1.00. The van der Waals surface area contributed by atoms with E-state index in [9.17, 15) is 51.1 Å². The molecule has 28 atom stereocenters. The summed E-state index contributed by atoms with van der Waals surface area (Å²) in [5.41, 5.74) is -0.0386. The average Bonchev–Trinajstić information content (AvgIpc) is 3.70. The highest BCUT2D eigenvalue weighted by Crippen LogP contribution is 2.71. The molecule has 362 valence electrons. The van der Waals surface area contributed by atoms with E-state index in [4.69, 9.17) is 37.9 Å². The monoisotopic (exact) mass is 902 g/mol. The van der Waals surface area contributed by atoms with E-state index in [0.29, 0.717) is 48.3 Å². The van der Waals surface area contributed by atoms with Crippen LogP contribution in [0.2, 0.25) is 0 Å². The maximum Gasteiger partial charge on any atom is 0.187 e. The third-order valence-electron chi connectivity index (χ3n) is 18.3. The van der Waals surface area contributed by atoms with E-state index in [0.717, 1.165) is 51.6 Å². The first-order valence-electron chi connectivity index (χ1n) is 23.8. The molecule has 0 aromatic carbocycles. The lowest BCUT2D eigenvalue weighted by Gasteiger charge is -2.62. The van der Waals surface area contributed by atoms with Gasteiger partial charge in [-0.1, -0.05) is 27.7 Å². The van der Waals surface area contributed by atoms with Gasteiger partial charge in [0.05, 0.1) is 44.2 Å². The Labute approximate surface area is 369 Å². The number of hydrogen-bond donors (Lipinski definition) is 10. The highest BCUT2D eigenvalue weighted by molar-refractivity contribution is 5.16. The Balaban J connectivity index is 0.919. The quantitative estimate of drug-likeness (QED) is 0.134. The van der Waals surface area contributed by atoms with Crippen molar-refractivity contribution in [1.82, 2.24) is 0 Å². The molecule has 10 N–H and O–H groups in total. The second kappa shape index (κ2) is 17.7. The second-order valence-corrected chi connectivity index (χ2v) is 21.7. The molecule has 9 rings (SSSR count). The van der Waals surface area contributed by atoms with Crippen molar-refractivity contribution in [2.24, 2.45) is 52.3 Å². The molecule has 5 heterocycles. The Kier molecular flexibility index (Phi) is 13.3. The lowest BCUT2D eigenvalue weighted by atomic mass is 9.44. The van der Waals surface area contributed by atoms with Gasteiger partial charge in [0.25, 0.3) is 0 Å². The molecular formula is C45H74O18. The molecule has 63 heavy (non-hydrogen) atoms. The standard InChI is InChI=1S/C45H74O18/c1-18-8-11-45(56-17-18)19(2)30-27(63-45)13-24-22-7-6-21-12-26(25(48)14-44(21,5)23(22)9-10-43(24,30)4)58-42-39(62-41-36(54)34(52)32(50)28(15-46)59-41)37(55)38(29(16-47)60-42)61-40-35(53)33(51)31(49)20(3)57-40/h18-42,46-55H,6-17H2,1-5H3. The normalized spacial score (nSPS) is 59.4. The van der Waals surface area contributed by atoms with Crippen molar-refractivity contribution < 1.29 is 89.0 Å². The highest BCUT2D eigenvalue weighted by atomic mass is 16.8. The number of fused-ring (bicyclic) bond motifs is 7. The summed E-state index contributed by atoms with van der Waals surface area (Å²) in [5.74, 6) is 2.42. The van der Waals surface area contributed by atoms with Crippen LogP contribution in [-0.2, 0) is 37.9 Å². The average molecular weight is 903 g/mol. The van der Waals surface area contributed by atoms with Gasteiger partial charge in [0.2, 0.25) is 0 Å². The van der Waals surface area contributed by atoms with E-state index >= 15 is 0 Å². The largest absolute Gasteiger partial charge is 0.394 e. The Morgan fingerprint density at radius 3 is 1.95 bits per heavy atom. The van der Waals surface area contributed by atoms with Crippen LogP contribution in [-0.4, -0.2) is 187 Å². The molecule has 0 aromatic rings. The molecule has 0 amide bonds. The van der Waals surface area contributed by atoms with Crippen LogP contribution in [0.5, 0.6) is 0 Å². The lowest BCUT2D eigenvalue weighted by molar-refractivity contribution is -0.393. The van der Waals surface area contributed by atoms with Gasteiger partial charge in [0.1, 0.15) is 67.1 Å². The maximum absolute atomic E-state index is 12.1. The van der Waals surface area contributed by atoms with Crippen molar-refractivity contribution in [3.63, 3.8) is 0 Å². The molecule has 4 saturated carbocycles. The fourth-order valence-corrected chi connectivity index (χ4v) is 14.7. The number of ether oxygens (including phenoxy) is 8. The Morgan fingerprint density at radius 2 is 1.27 bits per heavy atom. The first kappa shape index (κ1) is 47.4. The SMILES string of the molecule is CC1CCC2(OC1)OC1CC3C4CCC5CC(OC6OC(CO)C(OC7OC(C)C(O)C(O)C7O)C(O)C6OC6OC(CO)C(O)C(O)C6O)C(O)CC5(C)C4CCC3(C)C1C2C. The maximum atomic E-state index is 12.1. The van der Waals surface area contributed by atoms with Gasteiger partial charge in [0.15, 0.2) is 24.7 Å². The topological polar surface area (TPSA) is 276 Å². The summed E-state index contributed by atoms with van der Waals surface area (Å²) in [5, 5.41) is 108. The Hall–Kier alpha value is -0.720. The molecule has 0 aromatic heterocycles. The smallest absolute Gasteiger partial charge is 0.187 e.